The van der Waals surface area contributed by atoms with Crippen LogP contribution in [0.15, 0.2) is 16.8 Å². The van der Waals surface area contributed by atoms with Crippen molar-refractivity contribution in [1.29, 1.82) is 0 Å². The molecule has 0 atom stereocenters. The molecule has 76 valence electrons. The van der Waals surface area contributed by atoms with Crippen molar-refractivity contribution in [3.63, 3.8) is 0 Å². The molecule has 0 aromatic carbocycles. The maximum atomic E-state index is 11.2. The molecular weight excluding hydrogens is 194 g/mol. The Kier molecular flexibility index (Phi) is 2.70. The largest absolute Gasteiger partial charge is 0.310 e. The van der Waals surface area contributed by atoms with Crippen LogP contribution in [0.4, 0.5) is 0 Å². The topological polar surface area (TPSA) is 29.1 Å². The first-order valence-electron chi connectivity index (χ1n) is 5.00. The highest BCUT2D eigenvalue weighted by atomic mass is 32.1. The van der Waals surface area contributed by atoms with Crippen molar-refractivity contribution in [2.75, 3.05) is 7.05 Å². The predicted molar refractivity (Wildman–Crippen MR) is 58.5 cm³/mol. The Bertz CT molecular complexity index is 308. The van der Waals surface area contributed by atoms with Gasteiger partial charge in [-0.15, -0.1) is 0 Å². The molecule has 0 radical (unpaired) electrons. The Balaban J connectivity index is 2.23. The molecule has 0 spiro atoms. The zero-order chi connectivity index (χ0) is 10.0. The average Bonchev–Trinajstić information content (AvgIpc) is 2.73. The first kappa shape index (κ1) is 9.87. The highest BCUT2D eigenvalue weighted by molar-refractivity contribution is 7.08. The Morgan fingerprint density at radius 3 is 2.64 bits per heavy atom. The summed E-state index contributed by atoms with van der Waals surface area (Å²) in [6.07, 6.45) is 3.32. The van der Waals surface area contributed by atoms with Gasteiger partial charge in [0.1, 0.15) is 5.78 Å². The van der Waals surface area contributed by atoms with E-state index in [4.69, 9.17) is 0 Å². The van der Waals surface area contributed by atoms with Gasteiger partial charge in [0.15, 0.2) is 0 Å². The van der Waals surface area contributed by atoms with Gasteiger partial charge in [-0.1, -0.05) is 0 Å². The van der Waals surface area contributed by atoms with Crippen LogP contribution >= 0.6 is 11.3 Å². The quantitative estimate of drug-likeness (QED) is 0.809. The minimum absolute atomic E-state index is 0.0634. The number of ketones is 1. The molecule has 0 saturated heterocycles. The van der Waals surface area contributed by atoms with Crippen LogP contribution in [0, 0.1) is 0 Å². The number of rotatable bonds is 2. The summed E-state index contributed by atoms with van der Waals surface area (Å²) in [5, 5.41) is 7.68. The highest BCUT2D eigenvalue weighted by Gasteiger charge is 2.34. The summed E-state index contributed by atoms with van der Waals surface area (Å²) in [5.41, 5.74) is 1.41. The van der Waals surface area contributed by atoms with E-state index < -0.39 is 0 Å². The maximum absolute atomic E-state index is 11.2. The molecule has 1 aliphatic carbocycles. The van der Waals surface area contributed by atoms with Crippen molar-refractivity contribution < 1.29 is 4.79 Å². The molecule has 2 rings (SSSR count). The molecule has 1 aromatic heterocycles. The first-order chi connectivity index (χ1) is 6.77. The van der Waals surface area contributed by atoms with E-state index >= 15 is 0 Å². The van der Waals surface area contributed by atoms with E-state index in [2.05, 4.69) is 22.1 Å². The Hall–Kier alpha value is -0.670. The average molecular weight is 209 g/mol. The van der Waals surface area contributed by atoms with E-state index in [1.165, 1.54) is 5.56 Å². The van der Waals surface area contributed by atoms with Crippen molar-refractivity contribution in [3.8, 4) is 0 Å². The van der Waals surface area contributed by atoms with E-state index in [0.29, 0.717) is 5.78 Å². The standard InChI is InChI=1S/C11H15NOS/c1-12-11(9-4-7-14-8-9)5-2-10(13)3-6-11/h4,7-8,12H,2-3,5-6H2,1H3. The smallest absolute Gasteiger partial charge is 0.133 e. The molecule has 1 fully saturated rings. The second-order valence-electron chi connectivity index (χ2n) is 3.88. The molecule has 1 heterocycles. The van der Waals surface area contributed by atoms with Gasteiger partial charge in [-0.2, -0.15) is 11.3 Å². The lowest BCUT2D eigenvalue weighted by Gasteiger charge is -2.36. The van der Waals surface area contributed by atoms with Crippen LogP contribution in [-0.2, 0) is 10.3 Å². The van der Waals surface area contributed by atoms with Crippen LogP contribution in [-0.4, -0.2) is 12.8 Å². The van der Waals surface area contributed by atoms with Gasteiger partial charge >= 0.3 is 0 Å². The lowest BCUT2D eigenvalue weighted by molar-refractivity contribution is -0.121. The molecule has 1 N–H and O–H groups in total. The second kappa shape index (κ2) is 3.83. The fraction of sp³-hybridized carbons (Fsp3) is 0.545. The molecule has 0 amide bonds. The summed E-state index contributed by atoms with van der Waals surface area (Å²) < 4.78 is 0. The second-order valence-corrected chi connectivity index (χ2v) is 4.66. The molecule has 1 aromatic rings. The van der Waals surface area contributed by atoms with Gasteiger partial charge in [0.05, 0.1) is 0 Å². The molecular formula is C11H15NOS. The summed E-state index contributed by atoms with van der Waals surface area (Å²) in [7, 11) is 1.99. The van der Waals surface area contributed by atoms with Crippen LogP contribution < -0.4 is 5.32 Å². The van der Waals surface area contributed by atoms with Crippen molar-refractivity contribution >= 4 is 17.1 Å². The van der Waals surface area contributed by atoms with Crippen molar-refractivity contribution in [2.45, 2.75) is 31.2 Å². The number of nitrogens with one attached hydrogen (secondary N) is 1. The number of hydrogen-bond donors (Lipinski definition) is 1. The Labute approximate surface area is 88.3 Å². The van der Waals surface area contributed by atoms with Crippen molar-refractivity contribution in [1.82, 2.24) is 5.32 Å². The van der Waals surface area contributed by atoms with Gasteiger partial charge in [0, 0.05) is 18.4 Å². The van der Waals surface area contributed by atoms with Gasteiger partial charge in [0.2, 0.25) is 0 Å². The van der Waals surface area contributed by atoms with Gasteiger partial charge in [-0.25, -0.2) is 0 Å². The third-order valence-electron chi connectivity index (χ3n) is 3.21. The fourth-order valence-electron chi connectivity index (χ4n) is 2.18. The molecule has 0 bridgehead atoms. The molecule has 3 heteroatoms. The van der Waals surface area contributed by atoms with Gasteiger partial charge in [0.25, 0.3) is 0 Å². The van der Waals surface area contributed by atoms with Crippen LogP contribution in [0.5, 0.6) is 0 Å². The third kappa shape index (κ3) is 1.62. The zero-order valence-corrected chi connectivity index (χ0v) is 9.19. The van der Waals surface area contributed by atoms with Crippen molar-refractivity contribution in [3.05, 3.63) is 22.4 Å². The monoisotopic (exact) mass is 209 g/mol. The van der Waals surface area contributed by atoms with E-state index in [1.807, 2.05) is 7.05 Å². The molecule has 2 nitrogen and oxygen atoms in total. The Morgan fingerprint density at radius 2 is 2.14 bits per heavy atom. The Morgan fingerprint density at radius 1 is 1.43 bits per heavy atom. The molecule has 1 aliphatic rings. The van der Waals surface area contributed by atoms with Gasteiger partial charge < -0.3 is 5.32 Å². The molecule has 14 heavy (non-hydrogen) atoms. The van der Waals surface area contributed by atoms with Crippen molar-refractivity contribution in [2.24, 2.45) is 0 Å². The minimum Gasteiger partial charge on any atom is -0.310 e. The fourth-order valence-corrected chi connectivity index (χ4v) is 2.93. The molecule has 0 unspecified atom stereocenters. The summed E-state index contributed by atoms with van der Waals surface area (Å²) in [6.45, 7) is 0. The summed E-state index contributed by atoms with van der Waals surface area (Å²) in [6, 6.07) is 2.16. The van der Waals surface area contributed by atoms with Crippen LogP contribution in [0.2, 0.25) is 0 Å². The zero-order valence-electron chi connectivity index (χ0n) is 8.38. The summed E-state index contributed by atoms with van der Waals surface area (Å²) in [5.74, 6) is 0.408. The molecule has 0 aliphatic heterocycles. The summed E-state index contributed by atoms with van der Waals surface area (Å²) in [4.78, 5) is 11.2. The van der Waals surface area contributed by atoms with Gasteiger partial charge in [-0.05, 0) is 42.3 Å². The third-order valence-corrected chi connectivity index (χ3v) is 3.90. The summed E-state index contributed by atoms with van der Waals surface area (Å²) >= 11 is 1.72. The number of thiophene rings is 1. The normalized spacial score (nSPS) is 21.1. The van der Waals surface area contributed by atoms with E-state index in [9.17, 15) is 4.79 Å². The lowest BCUT2D eigenvalue weighted by Crippen LogP contribution is -2.43. The van der Waals surface area contributed by atoms with Gasteiger partial charge in [-0.3, -0.25) is 4.79 Å². The molecule has 1 saturated carbocycles. The first-order valence-corrected chi connectivity index (χ1v) is 5.94. The van der Waals surface area contributed by atoms with Crippen LogP contribution in [0.25, 0.3) is 0 Å². The lowest BCUT2D eigenvalue weighted by atomic mass is 9.77. The highest BCUT2D eigenvalue weighted by Crippen LogP contribution is 2.36. The van der Waals surface area contributed by atoms with E-state index in [0.717, 1.165) is 25.7 Å². The van der Waals surface area contributed by atoms with Crippen LogP contribution in [0.1, 0.15) is 31.2 Å². The number of carbonyl (C=O) groups is 1. The SMILES string of the molecule is CNC1(c2ccsc2)CCC(=O)CC1. The maximum Gasteiger partial charge on any atom is 0.133 e. The minimum atomic E-state index is 0.0634. The number of carbonyl (C=O) groups excluding carboxylic acids is 1. The van der Waals surface area contributed by atoms with Crippen LogP contribution in [0.3, 0.4) is 0 Å². The van der Waals surface area contributed by atoms with E-state index in [1.54, 1.807) is 11.3 Å². The number of hydrogen-bond acceptors (Lipinski definition) is 3. The van der Waals surface area contributed by atoms with E-state index in [-0.39, 0.29) is 5.54 Å². The number of Topliss-reactive ketones (excluding diaryl/α,β-unsaturated/α-hetero) is 1. The predicted octanol–water partition coefficient (Wildman–Crippen LogP) is 2.31.